The van der Waals surface area contributed by atoms with E-state index in [9.17, 15) is 4.79 Å². The highest BCUT2D eigenvalue weighted by atomic mass is 19.3. The van der Waals surface area contributed by atoms with Gasteiger partial charge in [-0.05, 0) is 48.5 Å². The van der Waals surface area contributed by atoms with Crippen molar-refractivity contribution in [2.45, 2.75) is 30.8 Å². The van der Waals surface area contributed by atoms with Crippen LogP contribution in [0.15, 0.2) is 42.5 Å². The Bertz CT molecular complexity index is 984. The third-order valence-electron chi connectivity index (χ3n) is 6.62. The van der Waals surface area contributed by atoms with Gasteiger partial charge in [-0.2, -0.15) is 0 Å². The predicted molar refractivity (Wildman–Crippen MR) is 117 cm³/mol. The number of carbonyl (C=O) groups is 1. The highest BCUT2D eigenvalue weighted by molar-refractivity contribution is 5.89. The van der Waals surface area contributed by atoms with Crippen LogP contribution in [0.1, 0.15) is 18.4 Å². The lowest BCUT2D eigenvalue weighted by molar-refractivity contribution is -0.187. The summed E-state index contributed by atoms with van der Waals surface area (Å²) in [6.45, 7) is 3.32. The van der Waals surface area contributed by atoms with Crippen molar-refractivity contribution in [1.29, 1.82) is 0 Å². The number of nitrogens with one attached hydrogen (secondary N) is 2. The van der Waals surface area contributed by atoms with E-state index < -0.39 is 11.5 Å². The molecule has 2 aromatic carbocycles. The fourth-order valence-corrected chi connectivity index (χ4v) is 4.70. The van der Waals surface area contributed by atoms with Crippen molar-refractivity contribution in [1.82, 2.24) is 10.2 Å². The second-order valence-electron chi connectivity index (χ2n) is 8.66. The normalized spacial score (nSPS) is 21.5. The Morgan fingerprint density at radius 2 is 1.69 bits per heavy atom. The number of morpholine rings is 1. The Kier molecular flexibility index (Phi) is 5.51. The molecule has 0 atom stereocenters. The number of benzene rings is 2. The fraction of sp³-hybridized carbons (Fsp3) is 0.458. The van der Waals surface area contributed by atoms with E-state index in [1.807, 2.05) is 30.3 Å². The van der Waals surface area contributed by atoms with Crippen LogP contribution in [0.5, 0.6) is 5.75 Å². The Balaban J connectivity index is 1.31. The van der Waals surface area contributed by atoms with Gasteiger partial charge in [-0.1, -0.05) is 18.2 Å². The molecule has 0 aromatic heterocycles. The fourth-order valence-electron chi connectivity index (χ4n) is 4.70. The first-order valence-electron chi connectivity index (χ1n) is 11.1. The molecule has 0 bridgehead atoms. The SMILES string of the molecule is O=C(Nc1ccc(-c2ccc3c(c2)CC(F)(F)C2(CCNCC2)O3)cc1)N1CCOCC1. The molecule has 0 radical (unpaired) electrons. The summed E-state index contributed by atoms with van der Waals surface area (Å²) in [7, 11) is 0. The van der Waals surface area contributed by atoms with E-state index in [1.54, 1.807) is 17.0 Å². The summed E-state index contributed by atoms with van der Waals surface area (Å²) in [6.07, 6.45) is 0.293. The molecule has 6 nitrogen and oxygen atoms in total. The van der Waals surface area contributed by atoms with Gasteiger partial charge in [-0.25, -0.2) is 13.6 Å². The zero-order chi connectivity index (χ0) is 22.2. The van der Waals surface area contributed by atoms with Crippen LogP contribution in [0.25, 0.3) is 11.1 Å². The molecule has 2 N–H and O–H groups in total. The zero-order valence-electron chi connectivity index (χ0n) is 17.8. The van der Waals surface area contributed by atoms with Crippen molar-refractivity contribution in [3.8, 4) is 16.9 Å². The Morgan fingerprint density at radius 3 is 2.41 bits per heavy atom. The molecule has 0 saturated carbocycles. The van der Waals surface area contributed by atoms with Crippen LogP contribution >= 0.6 is 0 Å². The van der Waals surface area contributed by atoms with Crippen LogP contribution in [0.4, 0.5) is 19.3 Å². The first-order valence-corrected chi connectivity index (χ1v) is 11.1. The first-order chi connectivity index (χ1) is 15.5. The Hall–Kier alpha value is -2.71. The highest BCUT2D eigenvalue weighted by Crippen LogP contribution is 2.48. The van der Waals surface area contributed by atoms with E-state index in [0.29, 0.717) is 69.2 Å². The second-order valence-corrected chi connectivity index (χ2v) is 8.66. The van der Waals surface area contributed by atoms with Gasteiger partial charge >= 0.3 is 6.03 Å². The molecule has 0 unspecified atom stereocenters. The number of hydrogen-bond acceptors (Lipinski definition) is 4. The van der Waals surface area contributed by atoms with E-state index in [0.717, 1.165) is 11.1 Å². The lowest BCUT2D eigenvalue weighted by atomic mass is 9.80. The molecular weight excluding hydrogens is 416 g/mol. The second kappa shape index (κ2) is 8.33. The minimum absolute atomic E-state index is 0.152. The molecule has 3 aliphatic rings. The molecule has 5 rings (SSSR count). The lowest BCUT2D eigenvalue weighted by Gasteiger charge is -2.46. The number of amides is 2. The number of ether oxygens (including phenoxy) is 2. The van der Waals surface area contributed by atoms with Crippen molar-refractivity contribution in [3.63, 3.8) is 0 Å². The number of rotatable bonds is 2. The molecule has 2 saturated heterocycles. The molecule has 32 heavy (non-hydrogen) atoms. The van der Waals surface area contributed by atoms with Crippen LogP contribution in [-0.4, -0.2) is 61.8 Å². The molecule has 170 valence electrons. The summed E-state index contributed by atoms with van der Waals surface area (Å²) in [6, 6.07) is 12.7. The summed E-state index contributed by atoms with van der Waals surface area (Å²) < 4.78 is 41.4. The van der Waals surface area contributed by atoms with Crippen molar-refractivity contribution >= 4 is 11.7 Å². The number of halogens is 2. The van der Waals surface area contributed by atoms with Gasteiger partial charge in [0, 0.05) is 43.6 Å². The number of urea groups is 1. The third-order valence-corrected chi connectivity index (χ3v) is 6.62. The topological polar surface area (TPSA) is 62.8 Å². The molecule has 3 heterocycles. The van der Waals surface area contributed by atoms with E-state index in [1.165, 1.54) is 0 Å². The van der Waals surface area contributed by atoms with E-state index >= 15 is 8.78 Å². The average Bonchev–Trinajstić information content (AvgIpc) is 2.81. The Labute approximate surface area is 185 Å². The number of hydrogen-bond donors (Lipinski definition) is 2. The summed E-state index contributed by atoms with van der Waals surface area (Å²) in [5, 5.41) is 6.03. The Morgan fingerprint density at radius 1 is 1.00 bits per heavy atom. The maximum atomic E-state index is 15.1. The molecule has 0 aliphatic carbocycles. The highest BCUT2D eigenvalue weighted by Gasteiger charge is 2.58. The smallest absolute Gasteiger partial charge is 0.321 e. The predicted octanol–water partition coefficient (Wildman–Crippen LogP) is 3.91. The largest absolute Gasteiger partial charge is 0.481 e. The summed E-state index contributed by atoms with van der Waals surface area (Å²) in [5.41, 5.74) is 1.54. The van der Waals surface area contributed by atoms with Crippen LogP contribution in [0.2, 0.25) is 0 Å². The van der Waals surface area contributed by atoms with E-state index in [-0.39, 0.29) is 12.5 Å². The molecule has 3 aliphatic heterocycles. The third kappa shape index (κ3) is 3.93. The summed E-state index contributed by atoms with van der Waals surface area (Å²) in [4.78, 5) is 14.1. The van der Waals surface area contributed by atoms with Crippen LogP contribution in [-0.2, 0) is 11.2 Å². The average molecular weight is 443 g/mol. The van der Waals surface area contributed by atoms with Crippen molar-refractivity contribution in [3.05, 3.63) is 48.0 Å². The number of piperidine rings is 1. The molecule has 2 amide bonds. The quantitative estimate of drug-likeness (QED) is 0.739. The van der Waals surface area contributed by atoms with Gasteiger partial charge in [0.2, 0.25) is 0 Å². The molecule has 8 heteroatoms. The minimum Gasteiger partial charge on any atom is -0.481 e. The van der Waals surface area contributed by atoms with Gasteiger partial charge in [0.25, 0.3) is 5.92 Å². The van der Waals surface area contributed by atoms with Gasteiger partial charge in [0.1, 0.15) is 5.75 Å². The van der Waals surface area contributed by atoms with Gasteiger partial charge in [-0.15, -0.1) is 0 Å². The van der Waals surface area contributed by atoms with Crippen LogP contribution in [0.3, 0.4) is 0 Å². The maximum Gasteiger partial charge on any atom is 0.321 e. The minimum atomic E-state index is -2.91. The molecule has 2 fully saturated rings. The van der Waals surface area contributed by atoms with Crippen molar-refractivity contribution in [2.24, 2.45) is 0 Å². The summed E-state index contributed by atoms with van der Waals surface area (Å²) >= 11 is 0. The van der Waals surface area contributed by atoms with E-state index in [4.69, 9.17) is 9.47 Å². The standard InChI is InChI=1S/C24H27F2N3O3/c25-24(26)16-19-15-18(3-6-21(19)32-23(24)7-9-27-10-8-23)17-1-4-20(5-2-17)28-22(30)29-11-13-31-14-12-29/h1-6,15,27H,7-14,16H2,(H,28,30). The maximum absolute atomic E-state index is 15.1. The summed E-state index contributed by atoms with van der Waals surface area (Å²) in [5.74, 6) is -2.36. The molecular formula is C24H27F2N3O3. The van der Waals surface area contributed by atoms with Gasteiger partial charge in [-0.3, -0.25) is 0 Å². The molecule has 2 aromatic rings. The van der Waals surface area contributed by atoms with Gasteiger partial charge in [0.15, 0.2) is 5.60 Å². The van der Waals surface area contributed by atoms with Crippen molar-refractivity contribution in [2.75, 3.05) is 44.7 Å². The van der Waals surface area contributed by atoms with Crippen LogP contribution < -0.4 is 15.4 Å². The lowest BCUT2D eigenvalue weighted by Crippen LogP contribution is -2.60. The van der Waals surface area contributed by atoms with Gasteiger partial charge in [0.05, 0.1) is 13.2 Å². The molecule has 1 spiro atoms. The zero-order valence-corrected chi connectivity index (χ0v) is 17.8. The monoisotopic (exact) mass is 443 g/mol. The van der Waals surface area contributed by atoms with Gasteiger partial charge < -0.3 is 25.0 Å². The van der Waals surface area contributed by atoms with E-state index in [2.05, 4.69) is 10.6 Å². The number of alkyl halides is 2. The van der Waals surface area contributed by atoms with Crippen molar-refractivity contribution < 1.29 is 23.0 Å². The number of carbonyl (C=O) groups excluding carboxylic acids is 1. The van der Waals surface area contributed by atoms with Crippen LogP contribution in [0, 0.1) is 0 Å². The number of fused-ring (bicyclic) bond motifs is 1. The number of nitrogens with zero attached hydrogens (tertiary/aromatic N) is 1. The first kappa shape index (κ1) is 21.2. The number of anilines is 1.